The molecule has 0 spiro atoms. The van der Waals surface area contributed by atoms with Gasteiger partial charge in [0.1, 0.15) is 0 Å². The monoisotopic (exact) mass is 279 g/mol. The van der Waals surface area contributed by atoms with E-state index in [0.717, 1.165) is 25.0 Å². The van der Waals surface area contributed by atoms with E-state index in [9.17, 15) is 4.79 Å². The van der Waals surface area contributed by atoms with Crippen molar-refractivity contribution in [1.82, 2.24) is 5.32 Å². The van der Waals surface area contributed by atoms with Gasteiger partial charge in [-0.25, -0.2) is 0 Å². The van der Waals surface area contributed by atoms with Crippen molar-refractivity contribution in [3.05, 3.63) is 11.3 Å². The molecule has 20 heavy (non-hydrogen) atoms. The fourth-order valence-corrected chi connectivity index (χ4v) is 3.28. The topological polar surface area (TPSA) is 29.1 Å². The summed E-state index contributed by atoms with van der Waals surface area (Å²) in [5.74, 6) is 1.05. The maximum atomic E-state index is 12.4. The minimum Gasteiger partial charge on any atom is -0.388 e. The third-order valence-electron chi connectivity index (χ3n) is 4.70. The van der Waals surface area contributed by atoms with Crippen LogP contribution in [0.4, 0.5) is 0 Å². The van der Waals surface area contributed by atoms with Gasteiger partial charge in [-0.3, -0.25) is 4.79 Å². The van der Waals surface area contributed by atoms with Gasteiger partial charge < -0.3 is 5.32 Å². The summed E-state index contributed by atoms with van der Waals surface area (Å²) in [5, 5.41) is 3.54. The molecule has 0 radical (unpaired) electrons. The highest BCUT2D eigenvalue weighted by atomic mass is 16.1. The molecule has 1 unspecified atom stereocenters. The van der Waals surface area contributed by atoms with Gasteiger partial charge in [0.2, 0.25) is 0 Å². The van der Waals surface area contributed by atoms with Crippen molar-refractivity contribution < 1.29 is 4.79 Å². The largest absolute Gasteiger partial charge is 0.388 e. The average molecular weight is 279 g/mol. The van der Waals surface area contributed by atoms with E-state index in [1.54, 1.807) is 0 Å². The molecule has 2 nitrogen and oxygen atoms in total. The Bertz CT molecular complexity index is 354. The molecule has 0 saturated heterocycles. The highest BCUT2D eigenvalue weighted by molar-refractivity contribution is 5.97. The highest BCUT2D eigenvalue weighted by Crippen LogP contribution is 2.38. The summed E-state index contributed by atoms with van der Waals surface area (Å²) in [4.78, 5) is 12.4. The zero-order valence-corrected chi connectivity index (χ0v) is 14.1. The Labute approximate surface area is 125 Å². The fourth-order valence-electron chi connectivity index (χ4n) is 3.28. The Morgan fingerprint density at radius 1 is 1.30 bits per heavy atom. The Hall–Kier alpha value is -0.790. The predicted molar refractivity (Wildman–Crippen MR) is 86.6 cm³/mol. The molecule has 0 fully saturated rings. The first-order chi connectivity index (χ1) is 9.46. The second-order valence-electron chi connectivity index (χ2n) is 6.81. The van der Waals surface area contributed by atoms with Crippen LogP contribution >= 0.6 is 0 Å². The molecule has 1 rings (SSSR count). The molecule has 1 N–H and O–H groups in total. The molecule has 116 valence electrons. The summed E-state index contributed by atoms with van der Waals surface area (Å²) >= 11 is 0. The number of carbonyl (C=O) groups is 1. The van der Waals surface area contributed by atoms with Crippen LogP contribution in [-0.4, -0.2) is 12.3 Å². The molecule has 0 aromatic carbocycles. The number of ketones is 1. The molecule has 0 aromatic rings. The lowest BCUT2D eigenvalue weighted by atomic mass is 9.74. The summed E-state index contributed by atoms with van der Waals surface area (Å²) in [6.07, 6.45) is 7.78. The van der Waals surface area contributed by atoms with Gasteiger partial charge in [-0.05, 0) is 24.2 Å². The number of unbranched alkanes of at least 4 members (excludes halogenated alkanes) is 1. The first-order valence-corrected chi connectivity index (χ1v) is 8.46. The van der Waals surface area contributed by atoms with Crippen molar-refractivity contribution in [1.29, 1.82) is 0 Å². The van der Waals surface area contributed by atoms with Crippen LogP contribution in [0.2, 0.25) is 0 Å². The lowest BCUT2D eigenvalue weighted by Crippen LogP contribution is -2.36. The van der Waals surface area contributed by atoms with Gasteiger partial charge in [-0.1, -0.05) is 60.3 Å². The number of nitrogens with one attached hydrogen (secondary N) is 1. The minimum absolute atomic E-state index is 0.0384. The first kappa shape index (κ1) is 17.3. The maximum absolute atomic E-state index is 12.4. The summed E-state index contributed by atoms with van der Waals surface area (Å²) < 4.78 is 0. The maximum Gasteiger partial charge on any atom is 0.160 e. The molecular weight excluding hydrogens is 246 g/mol. The van der Waals surface area contributed by atoms with E-state index in [-0.39, 0.29) is 5.41 Å². The molecule has 1 aliphatic heterocycles. The normalized spacial score (nSPS) is 19.6. The minimum atomic E-state index is 0.0384. The lowest BCUT2D eigenvalue weighted by Gasteiger charge is -2.36. The predicted octanol–water partition coefficient (Wildman–Crippen LogP) is 4.85. The first-order valence-electron chi connectivity index (χ1n) is 8.46. The highest BCUT2D eigenvalue weighted by Gasteiger charge is 2.33. The smallest absolute Gasteiger partial charge is 0.160 e. The molecule has 1 heterocycles. The molecule has 2 heteroatoms. The molecular formula is C18H33NO. The van der Waals surface area contributed by atoms with Crippen molar-refractivity contribution in [2.45, 2.75) is 79.6 Å². The van der Waals surface area contributed by atoms with E-state index >= 15 is 0 Å². The lowest BCUT2D eigenvalue weighted by molar-refractivity contribution is -0.116. The van der Waals surface area contributed by atoms with E-state index < -0.39 is 0 Å². The van der Waals surface area contributed by atoms with Crippen molar-refractivity contribution in [3.8, 4) is 0 Å². The number of Topliss-reactive ketones (excluding diaryl/α,β-unsaturated/α-hetero) is 1. The molecule has 1 atom stereocenters. The number of hydrogen-bond acceptors (Lipinski definition) is 2. The second-order valence-corrected chi connectivity index (χ2v) is 6.81. The third-order valence-corrected chi connectivity index (χ3v) is 4.70. The van der Waals surface area contributed by atoms with Crippen molar-refractivity contribution >= 4 is 5.78 Å². The summed E-state index contributed by atoms with van der Waals surface area (Å²) in [6, 6.07) is 0. The Balaban J connectivity index is 2.95. The molecule has 0 bridgehead atoms. The Morgan fingerprint density at radius 3 is 2.55 bits per heavy atom. The van der Waals surface area contributed by atoms with E-state index in [1.165, 1.54) is 31.4 Å². The molecule has 0 aliphatic carbocycles. The van der Waals surface area contributed by atoms with Crippen LogP contribution in [0.25, 0.3) is 0 Å². The quantitative estimate of drug-likeness (QED) is 0.688. The number of carbonyl (C=O) groups excluding carboxylic acids is 1. The molecule has 0 amide bonds. The van der Waals surface area contributed by atoms with Crippen LogP contribution in [0.5, 0.6) is 0 Å². The van der Waals surface area contributed by atoms with Gasteiger partial charge in [-0.2, -0.15) is 0 Å². The van der Waals surface area contributed by atoms with Crippen LogP contribution in [0.1, 0.15) is 79.6 Å². The average Bonchev–Trinajstić information content (AvgIpc) is 2.41. The van der Waals surface area contributed by atoms with Crippen LogP contribution in [0.15, 0.2) is 11.3 Å². The van der Waals surface area contributed by atoms with E-state index in [0.29, 0.717) is 18.1 Å². The zero-order chi connectivity index (χ0) is 15.2. The standard InChI is InChI=1S/C18H33NO/c1-6-9-10-14(7-2)13-15-17(16(20)8-3)18(4,5)11-12-19-15/h14,19H,6-13H2,1-5H3. The number of rotatable bonds is 8. The van der Waals surface area contributed by atoms with Gasteiger partial charge in [0.25, 0.3) is 0 Å². The summed E-state index contributed by atoms with van der Waals surface area (Å²) in [5.41, 5.74) is 2.37. The van der Waals surface area contributed by atoms with Gasteiger partial charge in [0, 0.05) is 24.2 Å². The van der Waals surface area contributed by atoms with Gasteiger partial charge in [0.15, 0.2) is 5.78 Å². The number of hydrogen-bond donors (Lipinski definition) is 1. The van der Waals surface area contributed by atoms with Gasteiger partial charge in [0.05, 0.1) is 0 Å². The zero-order valence-electron chi connectivity index (χ0n) is 14.1. The third kappa shape index (κ3) is 4.36. The van der Waals surface area contributed by atoms with Gasteiger partial charge in [-0.15, -0.1) is 0 Å². The molecule has 1 aliphatic rings. The van der Waals surface area contributed by atoms with Crippen molar-refractivity contribution in [2.24, 2.45) is 11.3 Å². The Morgan fingerprint density at radius 2 is 2.00 bits per heavy atom. The van der Waals surface area contributed by atoms with Crippen LogP contribution in [0.3, 0.4) is 0 Å². The van der Waals surface area contributed by atoms with Crippen LogP contribution in [0, 0.1) is 11.3 Å². The summed E-state index contributed by atoms with van der Waals surface area (Å²) in [7, 11) is 0. The Kier molecular flexibility index (Phi) is 6.78. The van der Waals surface area contributed by atoms with E-state index in [2.05, 4.69) is 33.0 Å². The van der Waals surface area contributed by atoms with Crippen molar-refractivity contribution in [2.75, 3.05) is 6.54 Å². The SMILES string of the molecule is CCCCC(CC)CC1=C(C(=O)CC)C(C)(C)CCN1. The number of allylic oxidation sites excluding steroid dienone is 2. The van der Waals surface area contributed by atoms with E-state index in [1.807, 2.05) is 6.92 Å². The summed E-state index contributed by atoms with van der Waals surface area (Å²) in [6.45, 7) is 12.0. The second kappa shape index (κ2) is 7.85. The van der Waals surface area contributed by atoms with Crippen molar-refractivity contribution in [3.63, 3.8) is 0 Å². The van der Waals surface area contributed by atoms with Gasteiger partial charge >= 0.3 is 0 Å². The fraction of sp³-hybridized carbons (Fsp3) is 0.833. The van der Waals surface area contributed by atoms with E-state index in [4.69, 9.17) is 0 Å². The van der Waals surface area contributed by atoms with Crippen LogP contribution in [-0.2, 0) is 4.79 Å². The van der Waals surface area contributed by atoms with Crippen LogP contribution < -0.4 is 5.32 Å². The molecule has 0 aromatic heterocycles. The molecule has 0 saturated carbocycles.